The summed E-state index contributed by atoms with van der Waals surface area (Å²) in [6, 6.07) is 14.6. The number of carbonyl (C=O) groups is 1. The van der Waals surface area contributed by atoms with Crippen molar-refractivity contribution in [3.63, 3.8) is 0 Å². The quantitative estimate of drug-likeness (QED) is 0.622. The Hall–Kier alpha value is -1.39. The van der Waals surface area contributed by atoms with Gasteiger partial charge in [-0.1, -0.05) is 23.9 Å². The molecule has 0 amide bonds. The number of benzene rings is 2. The average Bonchev–Trinajstić information content (AvgIpc) is 2.47. The van der Waals surface area contributed by atoms with E-state index in [0.29, 0.717) is 6.54 Å². The minimum atomic E-state index is 0.391. The average molecular weight is 287 g/mol. The van der Waals surface area contributed by atoms with Gasteiger partial charge in [-0.25, -0.2) is 0 Å². The summed E-state index contributed by atoms with van der Waals surface area (Å²) in [5.41, 5.74) is 2.24. The van der Waals surface area contributed by atoms with Gasteiger partial charge in [-0.05, 0) is 36.6 Å². The highest BCUT2D eigenvalue weighted by atomic mass is 32.2. The van der Waals surface area contributed by atoms with Crippen LogP contribution in [0.2, 0.25) is 0 Å². The molecule has 0 saturated carbocycles. The molecule has 96 valence electrons. The normalized spacial score (nSPS) is 12.8. The number of thioether (sulfide) groups is 1. The van der Waals surface area contributed by atoms with Crippen molar-refractivity contribution in [1.29, 1.82) is 0 Å². The first-order valence-electron chi connectivity index (χ1n) is 5.99. The molecule has 4 heteroatoms. The van der Waals surface area contributed by atoms with E-state index in [2.05, 4.69) is 41.5 Å². The summed E-state index contributed by atoms with van der Waals surface area (Å²) < 4.78 is 0. The van der Waals surface area contributed by atoms with Crippen molar-refractivity contribution in [3.8, 4) is 0 Å². The van der Waals surface area contributed by atoms with E-state index in [-0.39, 0.29) is 0 Å². The zero-order valence-corrected chi connectivity index (χ0v) is 12.1. The van der Waals surface area contributed by atoms with Gasteiger partial charge in [0.05, 0.1) is 17.9 Å². The van der Waals surface area contributed by atoms with Crippen LogP contribution in [-0.4, -0.2) is 19.1 Å². The molecular weight excluding hydrogens is 274 g/mol. The third-order valence-electron chi connectivity index (χ3n) is 3.09. The first kappa shape index (κ1) is 12.6. The van der Waals surface area contributed by atoms with Crippen LogP contribution in [0.4, 0.5) is 11.4 Å². The highest BCUT2D eigenvalue weighted by Crippen LogP contribution is 2.48. The maximum Gasteiger partial charge on any atom is 0.139 e. The Morgan fingerprint density at radius 1 is 1.16 bits per heavy atom. The van der Waals surface area contributed by atoms with Gasteiger partial charge in [-0.15, -0.1) is 11.8 Å². The zero-order chi connectivity index (χ0) is 13.2. The van der Waals surface area contributed by atoms with Crippen LogP contribution in [0.25, 0.3) is 0 Å². The molecule has 1 aliphatic heterocycles. The molecule has 3 rings (SSSR count). The van der Waals surface area contributed by atoms with Gasteiger partial charge >= 0.3 is 0 Å². The minimum absolute atomic E-state index is 0.391. The van der Waals surface area contributed by atoms with Crippen molar-refractivity contribution in [3.05, 3.63) is 42.5 Å². The molecule has 1 heterocycles. The number of para-hydroxylation sites is 1. The van der Waals surface area contributed by atoms with E-state index in [1.54, 1.807) is 23.5 Å². The fraction of sp³-hybridized carbons (Fsp3) is 0.133. The minimum Gasteiger partial charge on any atom is -0.332 e. The molecule has 19 heavy (non-hydrogen) atoms. The van der Waals surface area contributed by atoms with Gasteiger partial charge in [0.2, 0.25) is 0 Å². The lowest BCUT2D eigenvalue weighted by molar-refractivity contribution is -0.106. The van der Waals surface area contributed by atoms with Gasteiger partial charge in [0.1, 0.15) is 6.29 Å². The van der Waals surface area contributed by atoms with Gasteiger partial charge in [-0.2, -0.15) is 0 Å². The van der Waals surface area contributed by atoms with Gasteiger partial charge in [0, 0.05) is 14.7 Å². The molecule has 0 spiro atoms. The van der Waals surface area contributed by atoms with E-state index in [1.165, 1.54) is 14.7 Å². The van der Waals surface area contributed by atoms with Gasteiger partial charge < -0.3 is 9.69 Å². The molecule has 2 aromatic carbocycles. The van der Waals surface area contributed by atoms with E-state index >= 15 is 0 Å². The Kier molecular flexibility index (Phi) is 3.53. The summed E-state index contributed by atoms with van der Waals surface area (Å²) in [5, 5.41) is 0. The number of fused-ring (bicyclic) bond motifs is 2. The highest BCUT2D eigenvalue weighted by molar-refractivity contribution is 8.00. The molecule has 0 radical (unpaired) electrons. The summed E-state index contributed by atoms with van der Waals surface area (Å²) in [6.07, 6.45) is 3.03. The van der Waals surface area contributed by atoms with Crippen molar-refractivity contribution < 1.29 is 4.79 Å². The molecule has 0 aromatic heterocycles. The van der Waals surface area contributed by atoms with Crippen LogP contribution in [-0.2, 0) is 4.79 Å². The molecule has 0 N–H and O–H groups in total. The van der Waals surface area contributed by atoms with Gasteiger partial charge in [0.25, 0.3) is 0 Å². The Morgan fingerprint density at radius 2 is 1.95 bits per heavy atom. The van der Waals surface area contributed by atoms with Crippen LogP contribution in [0.3, 0.4) is 0 Å². The van der Waals surface area contributed by atoms with Crippen molar-refractivity contribution in [2.45, 2.75) is 14.7 Å². The molecule has 0 saturated heterocycles. The lowest BCUT2D eigenvalue weighted by Gasteiger charge is -2.31. The van der Waals surface area contributed by atoms with E-state index in [4.69, 9.17) is 0 Å². The number of nitrogens with zero attached hydrogens (tertiary/aromatic N) is 1. The second-order valence-corrected chi connectivity index (χ2v) is 6.14. The molecule has 0 unspecified atom stereocenters. The number of hydrogen-bond donors (Lipinski definition) is 0. The standard InChI is InChI=1S/C15H13NOS2/c1-18-11-6-7-15-13(10-11)16(8-9-17)12-4-2-3-5-14(12)19-15/h2-7,9-10H,8H2,1H3. The van der Waals surface area contributed by atoms with Crippen molar-refractivity contribution >= 4 is 41.2 Å². The lowest BCUT2D eigenvalue weighted by Crippen LogP contribution is -2.22. The molecule has 0 fully saturated rings. The number of carbonyl (C=O) groups excluding carboxylic acids is 1. The van der Waals surface area contributed by atoms with Gasteiger partial charge in [0.15, 0.2) is 0 Å². The van der Waals surface area contributed by atoms with Gasteiger partial charge in [-0.3, -0.25) is 0 Å². The lowest BCUT2D eigenvalue weighted by atomic mass is 10.2. The monoisotopic (exact) mass is 287 g/mol. The Balaban J connectivity index is 2.14. The summed E-state index contributed by atoms with van der Waals surface area (Å²) in [6.45, 7) is 0.391. The van der Waals surface area contributed by atoms with Crippen molar-refractivity contribution in [2.24, 2.45) is 0 Å². The first-order valence-corrected chi connectivity index (χ1v) is 8.03. The molecule has 1 aliphatic rings. The van der Waals surface area contributed by atoms with E-state index in [1.807, 2.05) is 12.1 Å². The maximum atomic E-state index is 11.0. The van der Waals surface area contributed by atoms with Crippen LogP contribution in [0, 0.1) is 0 Å². The van der Waals surface area contributed by atoms with Crippen LogP contribution in [0.15, 0.2) is 57.2 Å². The largest absolute Gasteiger partial charge is 0.332 e. The fourth-order valence-corrected chi connectivity index (χ4v) is 3.72. The number of hydrogen-bond acceptors (Lipinski definition) is 4. The maximum absolute atomic E-state index is 11.0. The second kappa shape index (κ2) is 5.31. The number of aldehydes is 1. The zero-order valence-electron chi connectivity index (χ0n) is 10.5. The van der Waals surface area contributed by atoms with E-state index in [0.717, 1.165) is 17.7 Å². The molecule has 0 bridgehead atoms. The SMILES string of the molecule is CSc1ccc2c(c1)N(CC=O)c1ccccc1S2. The summed E-state index contributed by atoms with van der Waals surface area (Å²) >= 11 is 3.48. The predicted molar refractivity (Wildman–Crippen MR) is 81.9 cm³/mol. The van der Waals surface area contributed by atoms with Crippen LogP contribution in [0.1, 0.15) is 0 Å². The van der Waals surface area contributed by atoms with E-state index in [9.17, 15) is 4.79 Å². The fourth-order valence-electron chi connectivity index (χ4n) is 2.21. The Bertz CT molecular complexity index is 627. The molecule has 0 aliphatic carbocycles. The smallest absolute Gasteiger partial charge is 0.139 e. The third kappa shape index (κ3) is 2.26. The summed E-state index contributed by atoms with van der Waals surface area (Å²) in [7, 11) is 0. The number of anilines is 2. The molecule has 2 nitrogen and oxygen atoms in total. The van der Waals surface area contributed by atoms with Crippen LogP contribution >= 0.6 is 23.5 Å². The topological polar surface area (TPSA) is 20.3 Å². The summed E-state index contributed by atoms with van der Waals surface area (Å²) in [4.78, 5) is 16.7. The first-order chi connectivity index (χ1) is 9.33. The molecule has 0 atom stereocenters. The predicted octanol–water partition coefficient (Wildman–Crippen LogP) is 4.21. The van der Waals surface area contributed by atoms with E-state index < -0.39 is 0 Å². The number of rotatable bonds is 3. The Labute approximate surface area is 121 Å². The summed E-state index contributed by atoms with van der Waals surface area (Å²) in [5.74, 6) is 0. The Morgan fingerprint density at radius 3 is 2.74 bits per heavy atom. The van der Waals surface area contributed by atoms with Crippen LogP contribution < -0.4 is 4.90 Å². The molecule has 2 aromatic rings. The van der Waals surface area contributed by atoms with Crippen molar-refractivity contribution in [1.82, 2.24) is 0 Å². The van der Waals surface area contributed by atoms with Crippen LogP contribution in [0.5, 0.6) is 0 Å². The second-order valence-electron chi connectivity index (χ2n) is 4.18. The molecular formula is C15H13NOS2. The highest BCUT2D eigenvalue weighted by Gasteiger charge is 2.22. The van der Waals surface area contributed by atoms with Crippen molar-refractivity contribution in [2.75, 3.05) is 17.7 Å². The third-order valence-corrected chi connectivity index (χ3v) is 4.95.